The summed E-state index contributed by atoms with van der Waals surface area (Å²) in [5, 5.41) is 0. The highest BCUT2D eigenvalue weighted by atomic mass is 35.5. The predicted octanol–water partition coefficient (Wildman–Crippen LogP) is 3.03. The maximum absolute atomic E-state index is 11.9. The van der Waals surface area contributed by atoms with E-state index in [0.717, 1.165) is 11.4 Å². The summed E-state index contributed by atoms with van der Waals surface area (Å²) < 4.78 is 34.5. The summed E-state index contributed by atoms with van der Waals surface area (Å²) in [6.45, 7) is 1.79. The molecule has 1 aromatic rings. The second-order valence-electron chi connectivity index (χ2n) is 4.08. The third-order valence-corrected chi connectivity index (χ3v) is 4.93. The SMILES string of the molecule is CC(CCl)CS(=O)(=O)Nc1cccc2c1N=S=N2. The van der Waals surface area contributed by atoms with Gasteiger partial charge < -0.3 is 0 Å². The minimum absolute atomic E-state index is 0.00947. The maximum atomic E-state index is 11.9. The van der Waals surface area contributed by atoms with Crippen molar-refractivity contribution < 1.29 is 8.42 Å². The largest absolute Gasteiger partial charge is 0.281 e. The molecule has 8 heteroatoms. The molecule has 98 valence electrons. The van der Waals surface area contributed by atoms with Gasteiger partial charge in [0.25, 0.3) is 0 Å². The first kappa shape index (κ1) is 13.5. The van der Waals surface area contributed by atoms with Gasteiger partial charge in [0, 0.05) is 5.88 Å². The lowest BCUT2D eigenvalue weighted by Crippen LogP contribution is -2.22. The zero-order valence-corrected chi connectivity index (χ0v) is 12.0. The van der Waals surface area contributed by atoms with Crippen molar-refractivity contribution in [3.8, 4) is 0 Å². The van der Waals surface area contributed by atoms with Crippen molar-refractivity contribution in [3.63, 3.8) is 0 Å². The van der Waals surface area contributed by atoms with Crippen LogP contribution >= 0.6 is 11.6 Å². The summed E-state index contributed by atoms with van der Waals surface area (Å²) >= 11 is 6.68. The van der Waals surface area contributed by atoms with Gasteiger partial charge in [-0.1, -0.05) is 13.0 Å². The van der Waals surface area contributed by atoms with E-state index in [0.29, 0.717) is 22.9 Å². The van der Waals surface area contributed by atoms with Gasteiger partial charge in [0.05, 0.1) is 22.8 Å². The zero-order chi connectivity index (χ0) is 13.2. The summed E-state index contributed by atoms with van der Waals surface area (Å²) in [7, 11) is -3.41. The molecule has 1 aromatic carbocycles. The molecule has 1 unspecified atom stereocenters. The molecule has 2 rings (SSSR count). The minimum atomic E-state index is -3.41. The second-order valence-corrected chi connectivity index (χ2v) is 6.68. The van der Waals surface area contributed by atoms with Crippen molar-refractivity contribution in [1.82, 2.24) is 0 Å². The Balaban J connectivity index is 2.21. The topological polar surface area (TPSA) is 70.9 Å². The fourth-order valence-corrected chi connectivity index (χ4v) is 3.76. The van der Waals surface area contributed by atoms with Crippen LogP contribution in [0.25, 0.3) is 0 Å². The lowest BCUT2D eigenvalue weighted by atomic mass is 10.2. The van der Waals surface area contributed by atoms with Crippen molar-refractivity contribution >= 4 is 50.0 Å². The van der Waals surface area contributed by atoms with E-state index in [2.05, 4.69) is 13.4 Å². The molecule has 0 aromatic heterocycles. The highest BCUT2D eigenvalue weighted by Gasteiger charge is 2.18. The third-order valence-electron chi connectivity index (χ3n) is 2.32. The van der Waals surface area contributed by atoms with Crippen LogP contribution in [0, 0.1) is 5.92 Å². The summed E-state index contributed by atoms with van der Waals surface area (Å²) in [5.74, 6) is 0.199. The van der Waals surface area contributed by atoms with Crippen LogP contribution in [-0.2, 0) is 21.4 Å². The van der Waals surface area contributed by atoms with Gasteiger partial charge in [-0.25, -0.2) is 8.42 Å². The van der Waals surface area contributed by atoms with E-state index in [4.69, 9.17) is 11.6 Å². The van der Waals surface area contributed by atoms with Crippen LogP contribution < -0.4 is 4.72 Å². The summed E-state index contributed by atoms with van der Waals surface area (Å²) in [4.78, 5) is 0. The number of nitrogens with one attached hydrogen (secondary N) is 1. The van der Waals surface area contributed by atoms with E-state index in [1.54, 1.807) is 25.1 Å². The Morgan fingerprint density at radius 1 is 1.44 bits per heavy atom. The number of alkyl halides is 1. The quantitative estimate of drug-likeness (QED) is 0.862. The van der Waals surface area contributed by atoms with Gasteiger partial charge in [0.1, 0.15) is 11.4 Å². The summed E-state index contributed by atoms with van der Waals surface area (Å²) in [6, 6.07) is 5.21. The van der Waals surface area contributed by atoms with Gasteiger partial charge in [-0.3, -0.25) is 4.72 Å². The molecule has 0 saturated carbocycles. The molecule has 0 radical (unpaired) electrons. The van der Waals surface area contributed by atoms with Gasteiger partial charge in [0.2, 0.25) is 10.0 Å². The van der Waals surface area contributed by atoms with E-state index in [1.165, 1.54) is 0 Å². The number of hydrogen-bond acceptors (Lipinski definition) is 4. The fraction of sp³-hybridized carbons (Fsp3) is 0.400. The van der Waals surface area contributed by atoms with E-state index in [1.807, 2.05) is 0 Å². The van der Waals surface area contributed by atoms with Gasteiger partial charge in [-0.05, 0) is 18.1 Å². The Labute approximate surface area is 114 Å². The van der Waals surface area contributed by atoms with Crippen molar-refractivity contribution in [3.05, 3.63) is 18.2 Å². The fourth-order valence-electron chi connectivity index (χ4n) is 1.52. The number of rotatable bonds is 5. The Bertz CT molecular complexity index is 624. The molecule has 0 aliphatic carbocycles. The first-order chi connectivity index (χ1) is 8.52. The molecule has 0 amide bonds. The average Bonchev–Trinajstić information content (AvgIpc) is 2.77. The van der Waals surface area contributed by atoms with Crippen LogP contribution in [0.3, 0.4) is 0 Å². The second kappa shape index (κ2) is 5.38. The minimum Gasteiger partial charge on any atom is -0.281 e. The van der Waals surface area contributed by atoms with Crippen molar-refractivity contribution in [2.45, 2.75) is 6.92 Å². The Kier molecular flexibility index (Phi) is 4.04. The van der Waals surface area contributed by atoms with Crippen LogP contribution in [-0.4, -0.2) is 20.1 Å². The molecule has 1 atom stereocenters. The molecule has 1 heterocycles. The van der Waals surface area contributed by atoms with Gasteiger partial charge in [-0.15, -0.1) is 11.6 Å². The highest BCUT2D eigenvalue weighted by molar-refractivity contribution is 7.92. The molecule has 1 N–H and O–H groups in total. The van der Waals surface area contributed by atoms with Crippen molar-refractivity contribution in [1.29, 1.82) is 0 Å². The van der Waals surface area contributed by atoms with Gasteiger partial charge >= 0.3 is 0 Å². The molecule has 0 spiro atoms. The first-order valence-electron chi connectivity index (χ1n) is 5.29. The van der Waals surface area contributed by atoms with Crippen molar-refractivity contribution in [2.24, 2.45) is 14.6 Å². The number of sulfonamides is 1. The molecule has 1 aliphatic rings. The summed E-state index contributed by atoms with van der Waals surface area (Å²) in [5.41, 5.74) is 1.72. The standard InChI is InChI=1S/C10H12ClN3O2S2/c1-7(5-11)6-18(15,16)14-9-4-2-3-8-10(9)13-17-12-8/h2-4,7,14H,5-6H2,1H3. The molecular formula is C10H12ClN3O2S2. The number of hydrogen-bond donors (Lipinski definition) is 1. The molecule has 18 heavy (non-hydrogen) atoms. The number of benzene rings is 1. The molecule has 5 nitrogen and oxygen atoms in total. The van der Waals surface area contributed by atoms with Crippen molar-refractivity contribution in [2.75, 3.05) is 16.4 Å². The van der Waals surface area contributed by atoms with Crippen LogP contribution in [0.5, 0.6) is 0 Å². The maximum Gasteiger partial charge on any atom is 0.233 e. The monoisotopic (exact) mass is 305 g/mol. The Morgan fingerprint density at radius 2 is 2.22 bits per heavy atom. The predicted molar refractivity (Wildman–Crippen MR) is 75.3 cm³/mol. The number of fused-ring (bicyclic) bond motifs is 1. The lowest BCUT2D eigenvalue weighted by molar-refractivity contribution is 0.588. The van der Waals surface area contributed by atoms with Crippen LogP contribution in [0.15, 0.2) is 26.9 Å². The van der Waals surface area contributed by atoms with Crippen LogP contribution in [0.4, 0.5) is 17.1 Å². The number of halogens is 1. The smallest absolute Gasteiger partial charge is 0.233 e. The molecule has 0 fully saturated rings. The van der Waals surface area contributed by atoms with E-state index in [9.17, 15) is 8.42 Å². The molecule has 0 bridgehead atoms. The third kappa shape index (κ3) is 3.09. The van der Waals surface area contributed by atoms with Gasteiger partial charge in [-0.2, -0.15) is 8.73 Å². The Morgan fingerprint density at radius 3 is 2.94 bits per heavy atom. The van der Waals surface area contributed by atoms with Gasteiger partial charge in [0.15, 0.2) is 0 Å². The van der Waals surface area contributed by atoms with E-state index < -0.39 is 10.0 Å². The van der Waals surface area contributed by atoms with E-state index >= 15 is 0 Å². The van der Waals surface area contributed by atoms with Crippen LogP contribution in [0.1, 0.15) is 6.92 Å². The highest BCUT2D eigenvalue weighted by Crippen LogP contribution is 2.38. The molecule has 1 aliphatic heterocycles. The molecular weight excluding hydrogens is 294 g/mol. The number of nitrogens with zero attached hydrogens (tertiary/aromatic N) is 2. The number of anilines is 1. The normalized spacial score (nSPS) is 15.0. The zero-order valence-electron chi connectivity index (χ0n) is 9.63. The molecule has 0 saturated heterocycles. The average molecular weight is 306 g/mol. The lowest BCUT2D eigenvalue weighted by Gasteiger charge is -2.12. The first-order valence-corrected chi connectivity index (χ1v) is 8.21. The van der Waals surface area contributed by atoms with E-state index in [-0.39, 0.29) is 11.7 Å². The summed E-state index contributed by atoms with van der Waals surface area (Å²) in [6.07, 6.45) is 0. The Hall–Kier alpha value is -0.920. The van der Waals surface area contributed by atoms with Crippen LogP contribution in [0.2, 0.25) is 0 Å².